The zero-order valence-corrected chi connectivity index (χ0v) is 12.3. The summed E-state index contributed by atoms with van der Waals surface area (Å²) in [7, 11) is 1.47. The zero-order chi connectivity index (χ0) is 16.2. The van der Waals surface area contributed by atoms with E-state index in [0.717, 1.165) is 5.56 Å². The Balaban J connectivity index is 1.90. The number of carbonyl (C=O) groups excluding carboxylic acids is 1. The molecular formula is C16H12N4O3. The molecule has 0 atom stereocenters. The Kier molecular flexibility index (Phi) is 3.89. The molecule has 3 heterocycles. The lowest BCUT2D eigenvalue weighted by Crippen LogP contribution is -2.03. The molecule has 0 spiro atoms. The van der Waals surface area contributed by atoms with Crippen LogP contribution >= 0.6 is 0 Å². The standard InChI is InChI=1S/C16H12N4O3/c1-22-15-5-12(9-21)14(7-19-15)23-10-13-4-11(6-17)8-20-3-2-18-16(13)20/h2-5,7-9H,10H2,1H3. The largest absolute Gasteiger partial charge is 0.486 e. The quantitative estimate of drug-likeness (QED) is 0.670. The van der Waals surface area contributed by atoms with E-state index < -0.39 is 0 Å². The number of methoxy groups -OCH3 is 1. The van der Waals surface area contributed by atoms with Gasteiger partial charge in [0.2, 0.25) is 5.88 Å². The monoisotopic (exact) mass is 308 g/mol. The number of imidazole rings is 1. The maximum Gasteiger partial charge on any atom is 0.213 e. The van der Waals surface area contributed by atoms with Crippen LogP contribution in [0, 0.1) is 11.3 Å². The van der Waals surface area contributed by atoms with E-state index in [2.05, 4.69) is 16.0 Å². The number of fused-ring (bicyclic) bond motifs is 1. The average Bonchev–Trinajstić information content (AvgIpc) is 3.07. The first kappa shape index (κ1) is 14.5. The molecular weight excluding hydrogens is 296 g/mol. The second-order valence-corrected chi connectivity index (χ2v) is 4.69. The third-order valence-electron chi connectivity index (χ3n) is 3.28. The van der Waals surface area contributed by atoms with Crippen molar-refractivity contribution in [1.29, 1.82) is 5.26 Å². The van der Waals surface area contributed by atoms with Crippen molar-refractivity contribution in [3.8, 4) is 17.7 Å². The van der Waals surface area contributed by atoms with E-state index in [-0.39, 0.29) is 6.61 Å². The summed E-state index contributed by atoms with van der Waals surface area (Å²) in [6.45, 7) is 0.158. The van der Waals surface area contributed by atoms with Gasteiger partial charge in [-0.15, -0.1) is 0 Å². The normalized spacial score (nSPS) is 10.3. The fourth-order valence-corrected chi connectivity index (χ4v) is 2.19. The van der Waals surface area contributed by atoms with Crippen LogP contribution in [0.5, 0.6) is 11.6 Å². The van der Waals surface area contributed by atoms with Gasteiger partial charge in [0.15, 0.2) is 6.29 Å². The van der Waals surface area contributed by atoms with Gasteiger partial charge in [0.1, 0.15) is 24.1 Å². The molecule has 0 aliphatic heterocycles. The van der Waals surface area contributed by atoms with Gasteiger partial charge in [-0.1, -0.05) is 0 Å². The number of pyridine rings is 2. The molecule has 0 saturated heterocycles. The smallest absolute Gasteiger partial charge is 0.213 e. The molecule has 0 bridgehead atoms. The fourth-order valence-electron chi connectivity index (χ4n) is 2.19. The maximum atomic E-state index is 11.2. The van der Waals surface area contributed by atoms with E-state index in [1.165, 1.54) is 19.4 Å². The Morgan fingerprint density at radius 2 is 2.26 bits per heavy atom. The van der Waals surface area contributed by atoms with Crippen molar-refractivity contribution >= 4 is 11.9 Å². The summed E-state index contributed by atoms with van der Waals surface area (Å²) in [5, 5.41) is 9.09. The van der Waals surface area contributed by atoms with Gasteiger partial charge in [0, 0.05) is 30.2 Å². The highest BCUT2D eigenvalue weighted by Gasteiger charge is 2.10. The SMILES string of the molecule is COc1cc(C=O)c(OCc2cc(C#N)cn3ccnc23)cn1. The molecule has 0 amide bonds. The van der Waals surface area contributed by atoms with Crippen molar-refractivity contribution in [3.05, 3.63) is 53.6 Å². The van der Waals surface area contributed by atoms with Crippen molar-refractivity contribution in [3.63, 3.8) is 0 Å². The topological polar surface area (TPSA) is 89.5 Å². The molecule has 0 aliphatic carbocycles. The molecule has 0 radical (unpaired) electrons. The van der Waals surface area contributed by atoms with Crippen LogP contribution in [0.2, 0.25) is 0 Å². The molecule has 0 aliphatic rings. The summed E-state index contributed by atoms with van der Waals surface area (Å²) < 4.78 is 12.4. The van der Waals surface area contributed by atoms with Crippen LogP contribution in [0.4, 0.5) is 0 Å². The summed E-state index contributed by atoms with van der Waals surface area (Å²) in [6, 6.07) is 5.30. The molecule has 0 fully saturated rings. The van der Waals surface area contributed by atoms with Crippen molar-refractivity contribution in [2.75, 3.05) is 7.11 Å². The Morgan fingerprint density at radius 1 is 1.39 bits per heavy atom. The van der Waals surface area contributed by atoms with Crippen LogP contribution in [0.15, 0.2) is 36.9 Å². The van der Waals surface area contributed by atoms with Crippen molar-refractivity contribution in [1.82, 2.24) is 14.4 Å². The Hall–Kier alpha value is -3.40. The number of aldehydes is 1. The van der Waals surface area contributed by atoms with Crippen LogP contribution in [-0.4, -0.2) is 27.8 Å². The van der Waals surface area contributed by atoms with Gasteiger partial charge >= 0.3 is 0 Å². The minimum absolute atomic E-state index is 0.158. The first-order valence-corrected chi connectivity index (χ1v) is 6.73. The number of hydrogen-bond donors (Lipinski definition) is 0. The Labute approximate surface area is 131 Å². The lowest BCUT2D eigenvalue weighted by Gasteiger charge is -2.10. The van der Waals surface area contributed by atoms with Gasteiger partial charge in [0.25, 0.3) is 0 Å². The summed E-state index contributed by atoms with van der Waals surface area (Å²) in [5.74, 6) is 0.675. The van der Waals surface area contributed by atoms with Gasteiger partial charge in [-0.25, -0.2) is 9.97 Å². The summed E-state index contributed by atoms with van der Waals surface area (Å²) in [6.07, 6.45) is 7.20. The Bertz CT molecular complexity index is 911. The average molecular weight is 308 g/mol. The molecule has 3 aromatic rings. The highest BCUT2D eigenvalue weighted by molar-refractivity contribution is 5.79. The minimum Gasteiger partial charge on any atom is -0.486 e. The van der Waals surface area contributed by atoms with Crippen molar-refractivity contribution in [2.24, 2.45) is 0 Å². The molecule has 23 heavy (non-hydrogen) atoms. The summed E-state index contributed by atoms with van der Waals surface area (Å²) in [5.41, 5.74) is 2.27. The number of aromatic nitrogens is 3. The van der Waals surface area contributed by atoms with Crippen molar-refractivity contribution < 1.29 is 14.3 Å². The zero-order valence-electron chi connectivity index (χ0n) is 12.3. The molecule has 3 rings (SSSR count). The first-order chi connectivity index (χ1) is 11.2. The van der Waals surface area contributed by atoms with E-state index in [0.29, 0.717) is 34.7 Å². The number of rotatable bonds is 5. The molecule has 114 valence electrons. The number of hydrogen-bond acceptors (Lipinski definition) is 6. The van der Waals surface area contributed by atoms with Crippen LogP contribution in [0.1, 0.15) is 21.5 Å². The third-order valence-corrected chi connectivity index (χ3v) is 3.28. The second kappa shape index (κ2) is 6.15. The van der Waals surface area contributed by atoms with E-state index in [9.17, 15) is 4.79 Å². The molecule has 3 aromatic heterocycles. The van der Waals surface area contributed by atoms with Gasteiger partial charge in [0.05, 0.1) is 24.4 Å². The van der Waals surface area contributed by atoms with E-state index >= 15 is 0 Å². The molecule has 7 heteroatoms. The second-order valence-electron chi connectivity index (χ2n) is 4.69. The summed E-state index contributed by atoms with van der Waals surface area (Å²) in [4.78, 5) is 19.4. The number of ether oxygens (including phenoxy) is 2. The maximum absolute atomic E-state index is 11.2. The minimum atomic E-state index is 0.158. The van der Waals surface area contributed by atoms with E-state index in [1.807, 2.05) is 0 Å². The number of nitrogens with zero attached hydrogens (tertiary/aromatic N) is 4. The van der Waals surface area contributed by atoms with Crippen LogP contribution in [-0.2, 0) is 6.61 Å². The van der Waals surface area contributed by atoms with E-state index in [4.69, 9.17) is 14.7 Å². The highest BCUT2D eigenvalue weighted by atomic mass is 16.5. The van der Waals surface area contributed by atoms with Gasteiger partial charge in [-0.2, -0.15) is 5.26 Å². The van der Waals surface area contributed by atoms with Crippen molar-refractivity contribution in [2.45, 2.75) is 6.61 Å². The predicted molar refractivity (Wildman–Crippen MR) is 80.4 cm³/mol. The van der Waals surface area contributed by atoms with Crippen LogP contribution < -0.4 is 9.47 Å². The van der Waals surface area contributed by atoms with Crippen LogP contribution in [0.25, 0.3) is 5.65 Å². The predicted octanol–water partition coefficient (Wildman–Crippen LogP) is 2.00. The summed E-state index contributed by atoms with van der Waals surface area (Å²) >= 11 is 0. The van der Waals surface area contributed by atoms with Gasteiger partial charge in [-0.05, 0) is 6.07 Å². The lowest BCUT2D eigenvalue weighted by atomic mass is 10.2. The molecule has 0 unspecified atom stereocenters. The number of carbonyl (C=O) groups is 1. The molecule has 0 N–H and O–H groups in total. The molecule has 0 aromatic carbocycles. The first-order valence-electron chi connectivity index (χ1n) is 6.73. The molecule has 7 nitrogen and oxygen atoms in total. The van der Waals surface area contributed by atoms with Crippen LogP contribution in [0.3, 0.4) is 0 Å². The highest BCUT2D eigenvalue weighted by Crippen LogP contribution is 2.22. The lowest BCUT2D eigenvalue weighted by molar-refractivity contribution is 0.111. The third kappa shape index (κ3) is 2.82. The van der Waals surface area contributed by atoms with E-state index in [1.54, 1.807) is 29.1 Å². The fraction of sp³-hybridized carbons (Fsp3) is 0.125. The Morgan fingerprint density at radius 3 is 3.00 bits per heavy atom. The number of nitriles is 1. The molecule has 0 saturated carbocycles. The van der Waals surface area contributed by atoms with Gasteiger partial charge < -0.3 is 13.9 Å². The van der Waals surface area contributed by atoms with Gasteiger partial charge in [-0.3, -0.25) is 4.79 Å².